The number of amides is 1. The minimum Gasteiger partial charge on any atom is -0.354 e. The third-order valence-corrected chi connectivity index (χ3v) is 3.46. The van der Waals surface area contributed by atoms with E-state index in [0.717, 1.165) is 0 Å². The lowest BCUT2D eigenvalue weighted by atomic mass is 10.1. The summed E-state index contributed by atoms with van der Waals surface area (Å²) in [6.45, 7) is 4.64. The standard InChI is InChI=1S/C16H21N5O3/c1-12(2)13-9-16(24)20(11-18-13)10-14(22)17-6-4-8-21-15(23)5-3-7-19-21/h3,5,7,9,11-12H,4,6,8,10H2,1-2H3,(H,17,22). The second kappa shape index (κ2) is 8.19. The lowest BCUT2D eigenvalue weighted by Crippen LogP contribution is -2.33. The molecule has 0 atom stereocenters. The Morgan fingerprint density at radius 3 is 2.75 bits per heavy atom. The summed E-state index contributed by atoms with van der Waals surface area (Å²) in [5.41, 5.74) is 0.285. The maximum absolute atomic E-state index is 11.9. The van der Waals surface area contributed by atoms with Crippen LogP contribution in [-0.2, 0) is 17.9 Å². The molecule has 2 rings (SSSR count). The minimum absolute atomic E-state index is 0.0757. The zero-order valence-corrected chi connectivity index (χ0v) is 13.8. The third-order valence-electron chi connectivity index (χ3n) is 3.46. The van der Waals surface area contributed by atoms with Gasteiger partial charge >= 0.3 is 0 Å². The predicted octanol–water partition coefficient (Wildman–Crippen LogP) is 0.130. The van der Waals surface area contributed by atoms with Crippen LogP contribution in [0.5, 0.6) is 0 Å². The fourth-order valence-electron chi connectivity index (χ4n) is 2.10. The summed E-state index contributed by atoms with van der Waals surface area (Å²) in [6, 6.07) is 4.47. The molecule has 8 nitrogen and oxygen atoms in total. The van der Waals surface area contributed by atoms with E-state index in [4.69, 9.17) is 0 Å². The zero-order valence-electron chi connectivity index (χ0n) is 13.8. The molecule has 8 heteroatoms. The van der Waals surface area contributed by atoms with Gasteiger partial charge < -0.3 is 5.32 Å². The first-order valence-electron chi connectivity index (χ1n) is 7.82. The lowest BCUT2D eigenvalue weighted by Gasteiger charge is -2.09. The number of carbonyl (C=O) groups excluding carboxylic acids is 1. The van der Waals surface area contributed by atoms with Crippen molar-refractivity contribution in [2.45, 2.75) is 39.3 Å². The highest BCUT2D eigenvalue weighted by molar-refractivity contribution is 5.75. The molecule has 2 aromatic rings. The summed E-state index contributed by atoms with van der Waals surface area (Å²) in [6.07, 6.45) is 3.51. The highest BCUT2D eigenvalue weighted by atomic mass is 16.2. The summed E-state index contributed by atoms with van der Waals surface area (Å²) in [4.78, 5) is 39.5. The van der Waals surface area contributed by atoms with Crippen LogP contribution in [0.3, 0.4) is 0 Å². The van der Waals surface area contributed by atoms with Crippen LogP contribution < -0.4 is 16.4 Å². The van der Waals surface area contributed by atoms with Gasteiger partial charge in [-0.15, -0.1) is 0 Å². The van der Waals surface area contributed by atoms with Crippen LogP contribution in [0.4, 0.5) is 0 Å². The van der Waals surface area contributed by atoms with Crippen molar-refractivity contribution in [2.24, 2.45) is 0 Å². The fourth-order valence-corrected chi connectivity index (χ4v) is 2.10. The molecule has 24 heavy (non-hydrogen) atoms. The fraction of sp³-hybridized carbons (Fsp3) is 0.438. The zero-order chi connectivity index (χ0) is 17.5. The monoisotopic (exact) mass is 331 g/mol. The molecule has 0 bridgehead atoms. The average Bonchev–Trinajstić information content (AvgIpc) is 2.55. The number of rotatable bonds is 7. The van der Waals surface area contributed by atoms with Gasteiger partial charge in [-0.25, -0.2) is 9.67 Å². The van der Waals surface area contributed by atoms with Gasteiger partial charge in [-0.05, 0) is 18.4 Å². The van der Waals surface area contributed by atoms with Crippen LogP contribution in [0.15, 0.2) is 40.3 Å². The molecule has 2 heterocycles. The van der Waals surface area contributed by atoms with Gasteiger partial charge in [0.2, 0.25) is 5.91 Å². The van der Waals surface area contributed by atoms with Gasteiger partial charge in [-0.1, -0.05) is 13.8 Å². The number of aryl methyl sites for hydroxylation is 1. The first-order valence-corrected chi connectivity index (χ1v) is 7.82. The quantitative estimate of drug-likeness (QED) is 0.727. The second-order valence-electron chi connectivity index (χ2n) is 5.72. The van der Waals surface area contributed by atoms with E-state index in [9.17, 15) is 14.4 Å². The highest BCUT2D eigenvalue weighted by Crippen LogP contribution is 2.06. The Bertz CT molecular complexity index is 810. The van der Waals surface area contributed by atoms with E-state index in [-0.39, 0.29) is 29.5 Å². The van der Waals surface area contributed by atoms with E-state index in [1.165, 1.54) is 27.7 Å². The first kappa shape index (κ1) is 17.6. The Hall–Kier alpha value is -2.77. The SMILES string of the molecule is CC(C)c1cc(=O)n(CC(=O)NCCCn2ncccc2=O)cn1. The van der Waals surface area contributed by atoms with E-state index >= 15 is 0 Å². The average molecular weight is 331 g/mol. The third kappa shape index (κ3) is 4.87. The van der Waals surface area contributed by atoms with E-state index in [1.54, 1.807) is 12.3 Å². The predicted molar refractivity (Wildman–Crippen MR) is 88.7 cm³/mol. The van der Waals surface area contributed by atoms with Crippen LogP contribution in [0, 0.1) is 0 Å². The van der Waals surface area contributed by atoms with Gasteiger partial charge in [-0.3, -0.25) is 19.0 Å². The highest BCUT2D eigenvalue weighted by Gasteiger charge is 2.07. The first-order chi connectivity index (χ1) is 11.5. The molecule has 0 aliphatic rings. The largest absolute Gasteiger partial charge is 0.354 e. The summed E-state index contributed by atoms with van der Waals surface area (Å²) in [7, 11) is 0. The summed E-state index contributed by atoms with van der Waals surface area (Å²) in [5.74, 6) is -0.110. The van der Waals surface area contributed by atoms with Crippen molar-refractivity contribution in [3.63, 3.8) is 0 Å². The molecule has 1 amide bonds. The van der Waals surface area contributed by atoms with Gasteiger partial charge in [0.25, 0.3) is 11.1 Å². The molecule has 128 valence electrons. The van der Waals surface area contributed by atoms with Crippen molar-refractivity contribution in [1.29, 1.82) is 0 Å². The van der Waals surface area contributed by atoms with Gasteiger partial charge in [0.05, 0.1) is 12.0 Å². The Morgan fingerprint density at radius 1 is 1.29 bits per heavy atom. The van der Waals surface area contributed by atoms with Crippen LogP contribution in [0.25, 0.3) is 0 Å². The number of aromatic nitrogens is 4. The summed E-state index contributed by atoms with van der Waals surface area (Å²) < 4.78 is 2.61. The number of nitrogens with zero attached hydrogens (tertiary/aromatic N) is 4. The molecule has 0 radical (unpaired) electrons. The van der Waals surface area contributed by atoms with Crippen LogP contribution in [0.2, 0.25) is 0 Å². The van der Waals surface area contributed by atoms with Crippen LogP contribution >= 0.6 is 0 Å². The molecule has 0 spiro atoms. The lowest BCUT2D eigenvalue weighted by molar-refractivity contribution is -0.121. The van der Waals surface area contributed by atoms with Crippen molar-refractivity contribution >= 4 is 5.91 Å². The van der Waals surface area contributed by atoms with Gasteiger partial charge in [0.15, 0.2) is 0 Å². The molecule has 0 fully saturated rings. The number of nitrogens with one attached hydrogen (secondary N) is 1. The van der Waals surface area contributed by atoms with Crippen molar-refractivity contribution in [3.8, 4) is 0 Å². The molecule has 0 unspecified atom stereocenters. The van der Waals surface area contributed by atoms with Gasteiger partial charge in [-0.2, -0.15) is 5.10 Å². The molecule has 2 aromatic heterocycles. The smallest absolute Gasteiger partial charge is 0.266 e. The van der Waals surface area contributed by atoms with Gasteiger partial charge in [0, 0.05) is 31.4 Å². The van der Waals surface area contributed by atoms with E-state index in [1.807, 2.05) is 13.8 Å². The summed E-state index contributed by atoms with van der Waals surface area (Å²) >= 11 is 0. The van der Waals surface area contributed by atoms with Crippen molar-refractivity contribution in [3.05, 3.63) is 57.1 Å². The Labute approximate surface area is 139 Å². The molecule has 0 saturated heterocycles. The van der Waals surface area contributed by atoms with E-state index in [2.05, 4.69) is 15.4 Å². The molecule has 0 aliphatic heterocycles. The topological polar surface area (TPSA) is 98.9 Å². The van der Waals surface area contributed by atoms with Crippen molar-refractivity contribution in [1.82, 2.24) is 24.6 Å². The number of hydrogen-bond acceptors (Lipinski definition) is 5. The van der Waals surface area contributed by atoms with E-state index in [0.29, 0.717) is 25.2 Å². The minimum atomic E-state index is -0.274. The van der Waals surface area contributed by atoms with Gasteiger partial charge in [0.1, 0.15) is 6.54 Å². The Kier molecular flexibility index (Phi) is 6.00. The molecular weight excluding hydrogens is 310 g/mol. The van der Waals surface area contributed by atoms with Crippen molar-refractivity contribution in [2.75, 3.05) is 6.54 Å². The molecule has 0 aromatic carbocycles. The second-order valence-corrected chi connectivity index (χ2v) is 5.72. The number of hydrogen-bond donors (Lipinski definition) is 1. The normalized spacial score (nSPS) is 10.8. The Balaban J connectivity index is 1.80. The summed E-state index contributed by atoms with van der Waals surface area (Å²) in [5, 5.41) is 6.65. The molecule has 0 aliphatic carbocycles. The van der Waals surface area contributed by atoms with Crippen LogP contribution in [0.1, 0.15) is 31.9 Å². The van der Waals surface area contributed by atoms with Crippen molar-refractivity contribution < 1.29 is 4.79 Å². The molecule has 0 saturated carbocycles. The molecular formula is C16H21N5O3. The number of carbonyl (C=O) groups is 1. The maximum Gasteiger partial charge on any atom is 0.266 e. The molecule has 1 N–H and O–H groups in total. The maximum atomic E-state index is 11.9. The Morgan fingerprint density at radius 2 is 2.08 bits per heavy atom. The van der Waals surface area contributed by atoms with Crippen LogP contribution in [-0.4, -0.2) is 31.8 Å². The van der Waals surface area contributed by atoms with E-state index < -0.39 is 0 Å².